The van der Waals surface area contributed by atoms with Crippen molar-refractivity contribution in [2.75, 3.05) is 0 Å². The van der Waals surface area contributed by atoms with Crippen LogP contribution in [0.5, 0.6) is 0 Å². The first-order valence-corrected chi connectivity index (χ1v) is 17.1. The third kappa shape index (κ3) is 4.02. The van der Waals surface area contributed by atoms with Crippen molar-refractivity contribution >= 4 is 22.0 Å². The van der Waals surface area contributed by atoms with Crippen LogP contribution in [0.15, 0.2) is 138 Å². The molecule has 0 saturated carbocycles. The molecule has 2 aromatic heterocycles. The molecule has 10 rings (SSSR count). The Morgan fingerprint density at radius 2 is 1.08 bits per heavy atom. The number of benzene rings is 6. The van der Waals surface area contributed by atoms with Crippen LogP contribution in [-0.2, 0) is 10.8 Å². The van der Waals surface area contributed by atoms with E-state index in [0.717, 1.165) is 44.3 Å². The SMILES string of the molecule is CC1(C)c2ccccc2-c2ccc(-c3cc(-c4ccc5c(c4)C(C)(C)c4ccccc4-5)c4nc(-c5ccc6ncccc6c5)oc4c3)cc21. The fourth-order valence-electron chi connectivity index (χ4n) is 8.50. The van der Waals surface area contributed by atoms with Crippen LogP contribution < -0.4 is 0 Å². The lowest BCUT2D eigenvalue weighted by molar-refractivity contribution is 0.620. The smallest absolute Gasteiger partial charge is 0.227 e. The van der Waals surface area contributed by atoms with E-state index in [2.05, 4.69) is 148 Å². The lowest BCUT2D eigenvalue weighted by Gasteiger charge is -2.22. The molecule has 2 aliphatic carbocycles. The van der Waals surface area contributed by atoms with E-state index < -0.39 is 0 Å². The van der Waals surface area contributed by atoms with Crippen LogP contribution in [-0.4, -0.2) is 9.97 Å². The molecular formula is C46H34N2O. The van der Waals surface area contributed by atoms with Crippen LogP contribution in [0.4, 0.5) is 0 Å². The molecule has 3 heteroatoms. The van der Waals surface area contributed by atoms with Crippen LogP contribution in [0.2, 0.25) is 0 Å². The summed E-state index contributed by atoms with van der Waals surface area (Å²) in [6.07, 6.45) is 1.82. The highest BCUT2D eigenvalue weighted by Crippen LogP contribution is 2.52. The number of rotatable bonds is 3. The summed E-state index contributed by atoms with van der Waals surface area (Å²) in [6, 6.07) is 46.2. The number of aromatic nitrogens is 2. The molecule has 0 N–H and O–H groups in total. The standard InChI is InChI=1S/C46H34N2O/c1-45(2)37-13-7-5-11-32(37)34-18-15-27(24-39(34)45)31-23-36(28-16-19-35-33-12-6-8-14-38(33)46(3,4)40(35)25-28)43-42(26-31)49-44(48-43)30-17-20-41-29(22-30)10-9-21-47-41/h5-26H,1-4H3. The molecule has 2 heterocycles. The summed E-state index contributed by atoms with van der Waals surface area (Å²) in [6.45, 7) is 9.34. The largest absolute Gasteiger partial charge is 0.436 e. The molecule has 0 radical (unpaired) electrons. The van der Waals surface area contributed by atoms with Crippen molar-refractivity contribution in [2.45, 2.75) is 38.5 Å². The Morgan fingerprint density at radius 3 is 1.80 bits per heavy atom. The minimum absolute atomic E-state index is 0.0835. The number of fused-ring (bicyclic) bond motifs is 8. The summed E-state index contributed by atoms with van der Waals surface area (Å²) in [5.74, 6) is 0.610. The number of oxazole rings is 1. The summed E-state index contributed by atoms with van der Waals surface area (Å²) in [4.78, 5) is 9.70. The van der Waals surface area contributed by atoms with E-state index in [1.54, 1.807) is 0 Å². The molecule has 3 nitrogen and oxygen atoms in total. The van der Waals surface area contributed by atoms with Crippen molar-refractivity contribution in [3.8, 4) is 56.0 Å². The second-order valence-electron chi connectivity index (χ2n) is 14.7. The third-order valence-electron chi connectivity index (χ3n) is 11.2. The van der Waals surface area contributed by atoms with Gasteiger partial charge in [0.15, 0.2) is 5.58 Å². The molecule has 6 aromatic carbocycles. The van der Waals surface area contributed by atoms with Crippen molar-refractivity contribution < 1.29 is 4.42 Å². The molecule has 0 aliphatic heterocycles. The predicted octanol–water partition coefficient (Wildman–Crippen LogP) is 12.0. The average molecular weight is 631 g/mol. The lowest BCUT2D eigenvalue weighted by Crippen LogP contribution is -2.15. The normalized spacial score (nSPS) is 14.9. The molecule has 2 aliphatic rings. The fourth-order valence-corrected chi connectivity index (χ4v) is 8.50. The van der Waals surface area contributed by atoms with Gasteiger partial charge in [-0.25, -0.2) is 4.98 Å². The Hall–Kier alpha value is -5.80. The monoisotopic (exact) mass is 630 g/mol. The lowest BCUT2D eigenvalue weighted by atomic mass is 9.81. The average Bonchev–Trinajstić information content (AvgIpc) is 3.74. The van der Waals surface area contributed by atoms with Gasteiger partial charge in [0.25, 0.3) is 0 Å². The Morgan fingerprint density at radius 1 is 0.469 bits per heavy atom. The maximum atomic E-state index is 6.66. The van der Waals surface area contributed by atoms with E-state index in [-0.39, 0.29) is 10.8 Å². The molecule has 0 bridgehead atoms. The topological polar surface area (TPSA) is 38.9 Å². The van der Waals surface area contributed by atoms with Crippen molar-refractivity contribution in [1.82, 2.24) is 9.97 Å². The summed E-state index contributed by atoms with van der Waals surface area (Å²) in [7, 11) is 0. The van der Waals surface area contributed by atoms with Gasteiger partial charge in [-0.2, -0.15) is 0 Å². The summed E-state index contributed by atoms with van der Waals surface area (Å²) < 4.78 is 6.66. The molecule has 0 fully saturated rings. The van der Waals surface area contributed by atoms with Crippen LogP contribution in [0, 0.1) is 0 Å². The highest BCUT2D eigenvalue weighted by molar-refractivity contribution is 5.98. The summed E-state index contributed by atoms with van der Waals surface area (Å²) in [5, 5.41) is 1.06. The van der Waals surface area contributed by atoms with Gasteiger partial charge in [0, 0.05) is 33.5 Å². The predicted molar refractivity (Wildman–Crippen MR) is 201 cm³/mol. The fraction of sp³-hybridized carbons (Fsp3) is 0.130. The molecular weight excluding hydrogens is 597 g/mol. The number of hydrogen-bond donors (Lipinski definition) is 0. The minimum Gasteiger partial charge on any atom is -0.436 e. The van der Waals surface area contributed by atoms with E-state index in [4.69, 9.17) is 9.40 Å². The van der Waals surface area contributed by atoms with Crippen LogP contribution in [0.25, 0.3) is 78.0 Å². The van der Waals surface area contributed by atoms with Gasteiger partial charge in [-0.05, 0) is 110 Å². The zero-order chi connectivity index (χ0) is 33.1. The van der Waals surface area contributed by atoms with Crippen molar-refractivity contribution in [3.05, 3.63) is 156 Å². The first-order valence-electron chi connectivity index (χ1n) is 17.1. The first kappa shape index (κ1) is 28.2. The van der Waals surface area contributed by atoms with Gasteiger partial charge in [-0.1, -0.05) is 107 Å². The van der Waals surface area contributed by atoms with Crippen LogP contribution in [0.3, 0.4) is 0 Å². The quantitative estimate of drug-likeness (QED) is 0.195. The molecule has 0 atom stereocenters. The molecule has 0 saturated heterocycles. The number of hydrogen-bond acceptors (Lipinski definition) is 3. The van der Waals surface area contributed by atoms with Crippen LogP contribution >= 0.6 is 0 Å². The Balaban J connectivity index is 1.18. The van der Waals surface area contributed by atoms with Gasteiger partial charge >= 0.3 is 0 Å². The van der Waals surface area contributed by atoms with Gasteiger partial charge in [0.1, 0.15) is 5.52 Å². The van der Waals surface area contributed by atoms with Gasteiger partial charge < -0.3 is 4.42 Å². The Labute approximate surface area is 285 Å². The summed E-state index contributed by atoms with van der Waals surface area (Å²) in [5.41, 5.74) is 18.6. The maximum absolute atomic E-state index is 6.66. The van der Waals surface area contributed by atoms with E-state index in [1.807, 2.05) is 18.3 Å². The minimum atomic E-state index is -0.104. The molecule has 0 spiro atoms. The van der Waals surface area contributed by atoms with Crippen molar-refractivity contribution in [1.29, 1.82) is 0 Å². The van der Waals surface area contributed by atoms with Crippen LogP contribution in [0.1, 0.15) is 49.9 Å². The highest BCUT2D eigenvalue weighted by Gasteiger charge is 2.36. The molecule has 49 heavy (non-hydrogen) atoms. The van der Waals surface area contributed by atoms with E-state index in [1.165, 1.54) is 50.1 Å². The van der Waals surface area contributed by atoms with Gasteiger partial charge in [0.05, 0.1) is 5.52 Å². The van der Waals surface area contributed by atoms with Crippen molar-refractivity contribution in [2.24, 2.45) is 0 Å². The number of pyridine rings is 1. The molecule has 0 unspecified atom stereocenters. The van der Waals surface area contributed by atoms with E-state index >= 15 is 0 Å². The molecule has 234 valence electrons. The summed E-state index contributed by atoms with van der Waals surface area (Å²) >= 11 is 0. The third-order valence-corrected chi connectivity index (χ3v) is 11.2. The van der Waals surface area contributed by atoms with Crippen molar-refractivity contribution in [3.63, 3.8) is 0 Å². The zero-order valence-electron chi connectivity index (χ0n) is 28.0. The second kappa shape index (κ2) is 9.87. The molecule has 0 amide bonds. The maximum Gasteiger partial charge on any atom is 0.227 e. The Kier molecular flexibility index (Phi) is 5.69. The first-order chi connectivity index (χ1) is 23.8. The van der Waals surface area contributed by atoms with Gasteiger partial charge in [-0.3, -0.25) is 4.98 Å². The Bertz CT molecular complexity index is 2670. The second-order valence-corrected chi connectivity index (χ2v) is 14.7. The highest BCUT2D eigenvalue weighted by atomic mass is 16.3. The molecule has 8 aromatic rings. The van der Waals surface area contributed by atoms with Gasteiger partial charge in [0.2, 0.25) is 5.89 Å². The van der Waals surface area contributed by atoms with E-state index in [9.17, 15) is 0 Å². The number of nitrogens with zero attached hydrogens (tertiary/aromatic N) is 2. The zero-order valence-corrected chi connectivity index (χ0v) is 28.0. The van der Waals surface area contributed by atoms with E-state index in [0.29, 0.717) is 5.89 Å². The van der Waals surface area contributed by atoms with Gasteiger partial charge in [-0.15, -0.1) is 0 Å².